The fourth-order valence-corrected chi connectivity index (χ4v) is 3.22. The molecule has 1 aliphatic heterocycles. The Morgan fingerprint density at radius 1 is 0.958 bits per heavy atom. The number of halogens is 1. The first-order valence-corrected chi connectivity index (χ1v) is 8.06. The Kier molecular flexibility index (Phi) is 3.55. The van der Waals surface area contributed by atoms with Gasteiger partial charge in [-0.15, -0.1) is 0 Å². The van der Waals surface area contributed by atoms with E-state index in [9.17, 15) is 4.39 Å². The van der Waals surface area contributed by atoms with E-state index in [2.05, 4.69) is 31.8 Å². The van der Waals surface area contributed by atoms with Crippen LogP contribution in [0.25, 0.3) is 5.78 Å². The zero-order valence-corrected chi connectivity index (χ0v) is 13.8. The molecule has 0 amide bonds. The average molecular weight is 326 g/mol. The summed E-state index contributed by atoms with van der Waals surface area (Å²) in [5.74, 6) is 1.50. The number of nitrogens with zero attached hydrogens (tertiary/aromatic N) is 6. The minimum atomic E-state index is -0.200. The molecular formula is C17H19FN6. The van der Waals surface area contributed by atoms with E-state index in [1.165, 1.54) is 12.1 Å². The number of piperazine rings is 1. The number of rotatable bonds is 2. The number of fused-ring (bicyclic) bond motifs is 1. The Morgan fingerprint density at radius 3 is 2.33 bits per heavy atom. The van der Waals surface area contributed by atoms with E-state index in [1.807, 2.05) is 23.6 Å². The second-order valence-electron chi connectivity index (χ2n) is 6.07. The predicted octanol–water partition coefficient (Wildman–Crippen LogP) is 2.21. The molecule has 3 aromatic rings. The van der Waals surface area contributed by atoms with Crippen molar-refractivity contribution in [3.8, 4) is 0 Å². The minimum Gasteiger partial charge on any atom is -0.368 e. The topological polar surface area (TPSA) is 49.6 Å². The molecule has 1 aromatic carbocycles. The number of benzene rings is 1. The molecule has 0 unspecified atom stereocenters. The first-order valence-electron chi connectivity index (χ1n) is 8.06. The molecule has 0 spiro atoms. The van der Waals surface area contributed by atoms with Gasteiger partial charge in [-0.05, 0) is 38.1 Å². The Balaban J connectivity index is 1.59. The highest BCUT2D eigenvalue weighted by Gasteiger charge is 2.22. The number of anilines is 2. The number of aryl methyl sites for hydroxylation is 1. The van der Waals surface area contributed by atoms with Gasteiger partial charge in [-0.1, -0.05) is 0 Å². The van der Waals surface area contributed by atoms with Crippen molar-refractivity contribution in [1.82, 2.24) is 19.6 Å². The molecule has 24 heavy (non-hydrogen) atoms. The standard InChI is InChI=1S/C17H19FN6/c1-12-13(2)21-17-19-11-20-24(17)16(12)23-9-7-22(8-10-23)15-5-3-14(18)4-6-15/h3-6,11H,7-10H2,1-2H3. The van der Waals surface area contributed by atoms with Crippen LogP contribution >= 0.6 is 0 Å². The summed E-state index contributed by atoms with van der Waals surface area (Å²) < 4.78 is 14.9. The maximum absolute atomic E-state index is 13.1. The van der Waals surface area contributed by atoms with Gasteiger partial charge >= 0.3 is 0 Å². The predicted molar refractivity (Wildman–Crippen MR) is 91.1 cm³/mol. The molecule has 0 aliphatic carbocycles. The third kappa shape index (κ3) is 2.46. The molecule has 0 bridgehead atoms. The molecule has 1 fully saturated rings. The SMILES string of the molecule is Cc1nc2ncnn2c(N2CCN(c3ccc(F)cc3)CC2)c1C. The maximum atomic E-state index is 13.1. The summed E-state index contributed by atoms with van der Waals surface area (Å²) in [5.41, 5.74) is 3.17. The van der Waals surface area contributed by atoms with Gasteiger partial charge in [0.1, 0.15) is 18.0 Å². The highest BCUT2D eigenvalue weighted by molar-refractivity contribution is 5.56. The van der Waals surface area contributed by atoms with E-state index in [1.54, 1.807) is 6.33 Å². The Labute approximate surface area is 139 Å². The fraction of sp³-hybridized carbons (Fsp3) is 0.353. The third-order valence-electron chi connectivity index (χ3n) is 4.65. The van der Waals surface area contributed by atoms with Crippen molar-refractivity contribution in [3.05, 3.63) is 47.7 Å². The lowest BCUT2D eigenvalue weighted by molar-refractivity contribution is 0.622. The summed E-state index contributed by atoms with van der Waals surface area (Å²) in [4.78, 5) is 13.3. The highest BCUT2D eigenvalue weighted by atomic mass is 19.1. The molecule has 3 heterocycles. The molecule has 2 aromatic heterocycles. The smallest absolute Gasteiger partial charge is 0.254 e. The van der Waals surface area contributed by atoms with Gasteiger partial charge in [0, 0.05) is 43.1 Å². The first kappa shape index (κ1) is 14.9. The number of hydrogen-bond donors (Lipinski definition) is 0. The van der Waals surface area contributed by atoms with Gasteiger partial charge in [0.15, 0.2) is 0 Å². The molecule has 4 rings (SSSR count). The van der Waals surface area contributed by atoms with E-state index >= 15 is 0 Å². The van der Waals surface area contributed by atoms with Crippen LogP contribution in [0.4, 0.5) is 15.9 Å². The molecule has 0 saturated carbocycles. The van der Waals surface area contributed by atoms with Crippen LogP contribution in [0.1, 0.15) is 11.3 Å². The highest BCUT2D eigenvalue weighted by Crippen LogP contribution is 2.25. The van der Waals surface area contributed by atoms with Crippen molar-refractivity contribution >= 4 is 17.3 Å². The van der Waals surface area contributed by atoms with Crippen LogP contribution in [0.3, 0.4) is 0 Å². The van der Waals surface area contributed by atoms with Crippen molar-refractivity contribution in [3.63, 3.8) is 0 Å². The van der Waals surface area contributed by atoms with Crippen LogP contribution in [-0.4, -0.2) is 45.8 Å². The summed E-state index contributed by atoms with van der Waals surface area (Å²) >= 11 is 0. The number of aromatic nitrogens is 4. The minimum absolute atomic E-state index is 0.200. The van der Waals surface area contributed by atoms with Gasteiger partial charge in [-0.2, -0.15) is 14.6 Å². The molecule has 6 nitrogen and oxygen atoms in total. The van der Waals surface area contributed by atoms with Gasteiger partial charge in [0.25, 0.3) is 5.78 Å². The first-order chi connectivity index (χ1) is 11.6. The second kappa shape index (κ2) is 5.74. The molecular weight excluding hydrogens is 307 g/mol. The Morgan fingerprint density at radius 2 is 1.62 bits per heavy atom. The molecule has 0 atom stereocenters. The van der Waals surface area contributed by atoms with Crippen LogP contribution in [0.15, 0.2) is 30.6 Å². The lowest BCUT2D eigenvalue weighted by Crippen LogP contribution is -2.47. The largest absolute Gasteiger partial charge is 0.368 e. The molecule has 124 valence electrons. The third-order valence-corrected chi connectivity index (χ3v) is 4.65. The lowest BCUT2D eigenvalue weighted by Gasteiger charge is -2.37. The van der Waals surface area contributed by atoms with Crippen LogP contribution in [-0.2, 0) is 0 Å². The summed E-state index contributed by atoms with van der Waals surface area (Å²) in [7, 11) is 0. The Hall–Kier alpha value is -2.70. The molecule has 7 heteroatoms. The number of hydrogen-bond acceptors (Lipinski definition) is 5. The molecule has 0 N–H and O–H groups in total. The van der Waals surface area contributed by atoms with Crippen LogP contribution in [0.2, 0.25) is 0 Å². The van der Waals surface area contributed by atoms with Gasteiger partial charge < -0.3 is 9.80 Å². The summed E-state index contributed by atoms with van der Waals surface area (Å²) in [5, 5.41) is 4.33. The van der Waals surface area contributed by atoms with E-state index < -0.39 is 0 Å². The summed E-state index contributed by atoms with van der Waals surface area (Å²) in [6.07, 6.45) is 1.54. The Bertz CT molecular complexity index is 865. The van der Waals surface area contributed by atoms with Crippen molar-refractivity contribution in [2.75, 3.05) is 36.0 Å². The van der Waals surface area contributed by atoms with E-state index in [4.69, 9.17) is 0 Å². The van der Waals surface area contributed by atoms with Crippen molar-refractivity contribution in [1.29, 1.82) is 0 Å². The van der Waals surface area contributed by atoms with E-state index in [0.29, 0.717) is 5.78 Å². The summed E-state index contributed by atoms with van der Waals surface area (Å²) in [6.45, 7) is 7.58. The maximum Gasteiger partial charge on any atom is 0.254 e. The quantitative estimate of drug-likeness (QED) is 0.723. The monoisotopic (exact) mass is 326 g/mol. The lowest BCUT2D eigenvalue weighted by atomic mass is 10.2. The van der Waals surface area contributed by atoms with Gasteiger partial charge in [0.05, 0.1) is 0 Å². The normalized spacial score (nSPS) is 15.3. The fourth-order valence-electron chi connectivity index (χ4n) is 3.22. The van der Waals surface area contributed by atoms with Gasteiger partial charge in [0.2, 0.25) is 0 Å². The van der Waals surface area contributed by atoms with E-state index in [-0.39, 0.29) is 5.82 Å². The zero-order valence-electron chi connectivity index (χ0n) is 13.8. The van der Waals surface area contributed by atoms with Crippen LogP contribution in [0.5, 0.6) is 0 Å². The van der Waals surface area contributed by atoms with Crippen molar-refractivity contribution < 1.29 is 4.39 Å². The molecule has 0 radical (unpaired) electrons. The van der Waals surface area contributed by atoms with E-state index in [0.717, 1.165) is 48.9 Å². The zero-order chi connectivity index (χ0) is 16.7. The van der Waals surface area contributed by atoms with Crippen molar-refractivity contribution in [2.45, 2.75) is 13.8 Å². The van der Waals surface area contributed by atoms with Gasteiger partial charge in [-0.3, -0.25) is 0 Å². The van der Waals surface area contributed by atoms with Crippen molar-refractivity contribution in [2.24, 2.45) is 0 Å². The van der Waals surface area contributed by atoms with Gasteiger partial charge in [-0.25, -0.2) is 9.37 Å². The van der Waals surface area contributed by atoms with Crippen LogP contribution < -0.4 is 9.80 Å². The average Bonchev–Trinajstić information content (AvgIpc) is 3.05. The molecule has 1 aliphatic rings. The summed E-state index contributed by atoms with van der Waals surface area (Å²) in [6, 6.07) is 6.69. The molecule has 1 saturated heterocycles. The van der Waals surface area contributed by atoms with Crippen LogP contribution in [0, 0.1) is 19.7 Å². The second-order valence-corrected chi connectivity index (χ2v) is 6.07.